The van der Waals surface area contributed by atoms with Gasteiger partial charge in [0.25, 0.3) is 0 Å². The van der Waals surface area contributed by atoms with Gasteiger partial charge in [-0.25, -0.2) is 8.78 Å². The third-order valence-corrected chi connectivity index (χ3v) is 2.35. The number of hydrogen-bond donors (Lipinski definition) is 1. The van der Waals surface area contributed by atoms with Gasteiger partial charge in [0.15, 0.2) is 0 Å². The zero-order valence-corrected chi connectivity index (χ0v) is 9.41. The highest BCUT2D eigenvalue weighted by atomic mass is 19.1. The maximum absolute atomic E-state index is 12.9. The summed E-state index contributed by atoms with van der Waals surface area (Å²) < 4.78 is 30.7. The second kappa shape index (κ2) is 5.92. The van der Waals surface area contributed by atoms with Gasteiger partial charge in [-0.2, -0.15) is 0 Å². The van der Waals surface area contributed by atoms with Gasteiger partial charge < -0.3 is 9.84 Å². The molecule has 0 fully saturated rings. The molecule has 0 aliphatic carbocycles. The van der Waals surface area contributed by atoms with Gasteiger partial charge in [-0.15, -0.1) is 0 Å². The number of aliphatic hydroxyl groups excluding tert-OH is 1. The van der Waals surface area contributed by atoms with E-state index in [9.17, 15) is 13.9 Å². The number of rotatable bonds is 5. The highest BCUT2D eigenvalue weighted by Crippen LogP contribution is 2.22. The molecule has 0 heterocycles. The van der Waals surface area contributed by atoms with Crippen molar-refractivity contribution in [2.75, 3.05) is 13.7 Å². The van der Waals surface area contributed by atoms with Gasteiger partial charge in [0.1, 0.15) is 11.6 Å². The van der Waals surface area contributed by atoms with Crippen LogP contribution in [0.5, 0.6) is 0 Å². The lowest BCUT2D eigenvalue weighted by Gasteiger charge is -2.16. The largest absolute Gasteiger partial charge is 0.388 e. The fraction of sp³-hybridized carbons (Fsp3) is 0.500. The van der Waals surface area contributed by atoms with Gasteiger partial charge in [0, 0.05) is 19.8 Å². The summed E-state index contributed by atoms with van der Waals surface area (Å²) in [5.74, 6) is -1.21. The molecule has 0 aliphatic heterocycles. The van der Waals surface area contributed by atoms with Crippen LogP contribution in [-0.4, -0.2) is 18.8 Å². The van der Waals surface area contributed by atoms with Crippen LogP contribution in [0.4, 0.5) is 8.78 Å². The predicted molar refractivity (Wildman–Crippen MR) is 57.0 cm³/mol. The van der Waals surface area contributed by atoms with Gasteiger partial charge in [-0.05, 0) is 30.0 Å². The van der Waals surface area contributed by atoms with Crippen molar-refractivity contribution in [1.82, 2.24) is 0 Å². The zero-order chi connectivity index (χ0) is 12.1. The molecule has 2 atom stereocenters. The van der Waals surface area contributed by atoms with Crippen LogP contribution in [0.1, 0.15) is 25.0 Å². The Hall–Kier alpha value is -1.00. The third-order valence-electron chi connectivity index (χ3n) is 2.35. The minimum absolute atomic E-state index is 0.131. The van der Waals surface area contributed by atoms with Crippen molar-refractivity contribution in [3.63, 3.8) is 0 Å². The van der Waals surface area contributed by atoms with Crippen molar-refractivity contribution >= 4 is 0 Å². The van der Waals surface area contributed by atoms with Crippen LogP contribution in [0.3, 0.4) is 0 Å². The van der Waals surface area contributed by atoms with Gasteiger partial charge in [-0.3, -0.25) is 0 Å². The minimum Gasteiger partial charge on any atom is -0.388 e. The summed E-state index contributed by atoms with van der Waals surface area (Å²) >= 11 is 0. The van der Waals surface area contributed by atoms with Crippen molar-refractivity contribution in [3.05, 3.63) is 35.4 Å². The molecule has 90 valence electrons. The molecule has 0 radical (unpaired) electrons. The maximum atomic E-state index is 12.9. The average molecular weight is 230 g/mol. The SMILES string of the molecule is COCC(C)CC(O)c1cc(F)cc(F)c1. The van der Waals surface area contributed by atoms with E-state index in [1.807, 2.05) is 6.92 Å². The normalized spacial score (nSPS) is 14.8. The second-order valence-corrected chi connectivity index (χ2v) is 4.01. The molecule has 0 saturated heterocycles. The summed E-state index contributed by atoms with van der Waals surface area (Å²) in [7, 11) is 1.57. The number of methoxy groups -OCH3 is 1. The van der Waals surface area contributed by atoms with Crippen LogP contribution < -0.4 is 0 Å². The maximum Gasteiger partial charge on any atom is 0.126 e. The van der Waals surface area contributed by atoms with Gasteiger partial charge in [-0.1, -0.05) is 6.92 Å². The summed E-state index contributed by atoms with van der Waals surface area (Å²) in [4.78, 5) is 0. The van der Waals surface area contributed by atoms with Crippen LogP contribution in [0.15, 0.2) is 18.2 Å². The third kappa shape index (κ3) is 3.87. The monoisotopic (exact) mass is 230 g/mol. The lowest BCUT2D eigenvalue weighted by atomic mass is 9.99. The highest BCUT2D eigenvalue weighted by molar-refractivity contribution is 5.20. The lowest BCUT2D eigenvalue weighted by Crippen LogP contribution is -2.09. The van der Waals surface area contributed by atoms with Crippen molar-refractivity contribution in [1.29, 1.82) is 0 Å². The number of hydrogen-bond acceptors (Lipinski definition) is 2. The topological polar surface area (TPSA) is 29.5 Å². The Labute approximate surface area is 93.9 Å². The summed E-state index contributed by atoms with van der Waals surface area (Å²) in [6.07, 6.45) is -0.452. The Bertz CT molecular complexity index is 322. The molecule has 2 unspecified atom stereocenters. The van der Waals surface area contributed by atoms with E-state index in [1.54, 1.807) is 7.11 Å². The molecule has 0 bridgehead atoms. The molecule has 1 N–H and O–H groups in total. The molecule has 1 aromatic carbocycles. The van der Waals surface area contributed by atoms with Crippen molar-refractivity contribution < 1.29 is 18.6 Å². The van der Waals surface area contributed by atoms with Crippen LogP contribution >= 0.6 is 0 Å². The lowest BCUT2D eigenvalue weighted by molar-refractivity contribution is 0.101. The standard InChI is InChI=1S/C12H16F2O2/c1-8(7-16-2)3-12(15)9-4-10(13)6-11(14)5-9/h4-6,8,12,15H,3,7H2,1-2H3. The Balaban J connectivity index is 2.68. The molecule has 0 saturated carbocycles. The molecule has 0 spiro atoms. The zero-order valence-electron chi connectivity index (χ0n) is 9.41. The quantitative estimate of drug-likeness (QED) is 0.842. The molecule has 0 aromatic heterocycles. The fourth-order valence-electron chi connectivity index (χ4n) is 1.64. The van der Waals surface area contributed by atoms with Crippen LogP contribution in [-0.2, 0) is 4.74 Å². The highest BCUT2D eigenvalue weighted by Gasteiger charge is 2.14. The first-order valence-corrected chi connectivity index (χ1v) is 5.16. The predicted octanol–water partition coefficient (Wildman–Crippen LogP) is 2.67. The van der Waals surface area contributed by atoms with Crippen molar-refractivity contribution in [3.8, 4) is 0 Å². The molecular weight excluding hydrogens is 214 g/mol. The summed E-state index contributed by atoms with van der Waals surface area (Å²) in [6, 6.07) is 3.08. The van der Waals surface area contributed by atoms with Crippen molar-refractivity contribution in [2.45, 2.75) is 19.4 Å². The van der Waals surface area contributed by atoms with Crippen LogP contribution in [0.2, 0.25) is 0 Å². The molecule has 4 heteroatoms. The number of benzene rings is 1. The minimum atomic E-state index is -0.865. The first kappa shape index (κ1) is 13.1. The van der Waals surface area contributed by atoms with E-state index in [-0.39, 0.29) is 11.5 Å². The van der Waals surface area contributed by atoms with Crippen molar-refractivity contribution in [2.24, 2.45) is 5.92 Å². The van der Waals surface area contributed by atoms with E-state index >= 15 is 0 Å². The van der Waals surface area contributed by atoms with Gasteiger partial charge in [0.2, 0.25) is 0 Å². The Morgan fingerprint density at radius 1 is 1.25 bits per heavy atom. The molecular formula is C12H16F2O2. The molecule has 1 aromatic rings. The van der Waals surface area contributed by atoms with Crippen LogP contribution in [0, 0.1) is 17.6 Å². The second-order valence-electron chi connectivity index (χ2n) is 4.01. The Morgan fingerprint density at radius 2 is 1.81 bits per heavy atom. The molecule has 2 nitrogen and oxygen atoms in total. The summed E-state index contributed by atoms with van der Waals surface area (Å²) in [5, 5.41) is 9.78. The smallest absolute Gasteiger partial charge is 0.126 e. The fourth-order valence-corrected chi connectivity index (χ4v) is 1.64. The average Bonchev–Trinajstić information content (AvgIpc) is 2.16. The van der Waals surface area contributed by atoms with E-state index in [1.165, 1.54) is 0 Å². The Morgan fingerprint density at radius 3 is 2.31 bits per heavy atom. The summed E-state index contributed by atoms with van der Waals surface area (Å²) in [5.41, 5.74) is 0.264. The van der Waals surface area contributed by atoms with E-state index in [4.69, 9.17) is 4.74 Å². The number of aliphatic hydroxyl groups is 1. The van der Waals surface area contributed by atoms with E-state index in [2.05, 4.69) is 0 Å². The first-order valence-electron chi connectivity index (χ1n) is 5.16. The number of ether oxygens (including phenoxy) is 1. The van der Waals surface area contributed by atoms with Gasteiger partial charge in [0.05, 0.1) is 6.10 Å². The molecule has 0 amide bonds. The summed E-state index contributed by atoms with van der Waals surface area (Å²) in [6.45, 7) is 2.41. The molecule has 0 aliphatic rings. The molecule has 16 heavy (non-hydrogen) atoms. The van der Waals surface area contributed by atoms with E-state index in [0.717, 1.165) is 18.2 Å². The molecule has 1 rings (SSSR count). The number of halogens is 2. The van der Waals surface area contributed by atoms with Gasteiger partial charge >= 0.3 is 0 Å². The first-order chi connectivity index (χ1) is 7.52. The van der Waals surface area contributed by atoms with E-state index in [0.29, 0.717) is 13.0 Å². The van der Waals surface area contributed by atoms with E-state index < -0.39 is 17.7 Å². The Kier molecular flexibility index (Phi) is 4.83. The van der Waals surface area contributed by atoms with Crippen LogP contribution in [0.25, 0.3) is 0 Å².